The molecule has 0 aliphatic rings. The zero-order chi connectivity index (χ0) is 27.9. The van der Waals surface area contributed by atoms with Crippen LogP contribution in [-0.4, -0.2) is 80.0 Å². The van der Waals surface area contributed by atoms with E-state index in [0.29, 0.717) is 40.3 Å². The van der Waals surface area contributed by atoms with E-state index in [-0.39, 0.29) is 37.6 Å². The van der Waals surface area contributed by atoms with Crippen LogP contribution in [0.2, 0.25) is 0 Å². The van der Waals surface area contributed by atoms with Crippen LogP contribution in [0.5, 0.6) is 11.5 Å². The van der Waals surface area contributed by atoms with Crippen molar-refractivity contribution in [3.63, 3.8) is 0 Å². The molecular weight excluding hydrogens is 560 g/mol. The van der Waals surface area contributed by atoms with E-state index in [1.54, 1.807) is 50.6 Å². The van der Waals surface area contributed by atoms with E-state index in [4.69, 9.17) is 33.2 Å². The Bertz CT molecular complexity index is 1130. The van der Waals surface area contributed by atoms with E-state index in [1.807, 2.05) is 0 Å². The first-order valence-electron chi connectivity index (χ1n) is 11.7. The summed E-state index contributed by atoms with van der Waals surface area (Å²) < 4.78 is 37.4. The normalized spacial score (nSPS) is 10.9. The third-order valence-corrected chi connectivity index (χ3v) is 5.85. The number of hydrogen-bond acceptors (Lipinski definition) is 9. The van der Waals surface area contributed by atoms with Gasteiger partial charge in [0.1, 0.15) is 31.3 Å². The Morgan fingerprint density at radius 2 is 1.26 bits per heavy atom. The standard InChI is InChI=1S/C28H33BrO9/c1-6-19-16-26(36-12-9-32-2)21(17-25(19)35-5)8-7-20-15-23(28(31)38-14-11-34-4)24(29)18-22(20)27(30)37-13-10-33-3/h6-8,15-18H,1,9-14H2,2-5H3/b8-7+. The fourth-order valence-electron chi connectivity index (χ4n) is 3.25. The molecule has 0 atom stereocenters. The Labute approximate surface area is 231 Å². The molecule has 0 aliphatic carbocycles. The van der Waals surface area contributed by atoms with Crippen LogP contribution >= 0.6 is 15.9 Å². The van der Waals surface area contributed by atoms with Gasteiger partial charge in [-0.2, -0.15) is 0 Å². The van der Waals surface area contributed by atoms with Crippen molar-refractivity contribution in [1.82, 2.24) is 0 Å². The number of carbonyl (C=O) groups excluding carboxylic acids is 2. The lowest BCUT2D eigenvalue weighted by atomic mass is 10.0. The topological polar surface area (TPSA) is 98.8 Å². The van der Waals surface area contributed by atoms with Gasteiger partial charge in [0.15, 0.2) is 0 Å². The highest BCUT2D eigenvalue weighted by Gasteiger charge is 2.20. The summed E-state index contributed by atoms with van der Waals surface area (Å²) in [5.74, 6) is 0.0204. The van der Waals surface area contributed by atoms with Crippen LogP contribution < -0.4 is 9.47 Å². The summed E-state index contributed by atoms with van der Waals surface area (Å²) >= 11 is 3.37. The third kappa shape index (κ3) is 8.98. The maximum absolute atomic E-state index is 12.9. The second kappa shape index (κ2) is 16.6. The molecule has 10 heteroatoms. The molecule has 0 heterocycles. The Kier molecular flexibility index (Phi) is 13.6. The molecule has 9 nitrogen and oxygen atoms in total. The minimum Gasteiger partial charge on any atom is -0.496 e. The van der Waals surface area contributed by atoms with Gasteiger partial charge in [0.25, 0.3) is 0 Å². The molecule has 2 rings (SSSR count). The number of carbonyl (C=O) groups is 2. The molecule has 0 bridgehead atoms. The number of ether oxygens (including phenoxy) is 7. The summed E-state index contributed by atoms with van der Waals surface area (Å²) in [6, 6.07) is 6.69. The van der Waals surface area contributed by atoms with Crippen LogP contribution in [0.25, 0.3) is 18.2 Å². The van der Waals surface area contributed by atoms with E-state index < -0.39 is 11.9 Å². The number of methoxy groups -OCH3 is 4. The average molecular weight is 593 g/mol. The summed E-state index contributed by atoms with van der Waals surface area (Å²) in [5.41, 5.74) is 2.35. The van der Waals surface area contributed by atoms with Crippen molar-refractivity contribution in [1.29, 1.82) is 0 Å². The molecule has 0 N–H and O–H groups in total. The highest BCUT2D eigenvalue weighted by Crippen LogP contribution is 2.32. The van der Waals surface area contributed by atoms with E-state index >= 15 is 0 Å². The summed E-state index contributed by atoms with van der Waals surface area (Å²) in [7, 11) is 6.18. The van der Waals surface area contributed by atoms with Gasteiger partial charge in [-0.25, -0.2) is 9.59 Å². The molecule has 0 aromatic heterocycles. The average Bonchev–Trinajstić information content (AvgIpc) is 2.92. The van der Waals surface area contributed by atoms with Gasteiger partial charge in [-0.15, -0.1) is 0 Å². The van der Waals surface area contributed by atoms with Crippen molar-refractivity contribution in [2.45, 2.75) is 0 Å². The molecule has 0 saturated heterocycles. The van der Waals surface area contributed by atoms with Crippen molar-refractivity contribution in [2.24, 2.45) is 0 Å². The van der Waals surface area contributed by atoms with Gasteiger partial charge < -0.3 is 33.2 Å². The van der Waals surface area contributed by atoms with Crippen LogP contribution in [0.3, 0.4) is 0 Å². The van der Waals surface area contributed by atoms with Gasteiger partial charge in [0, 0.05) is 36.9 Å². The quantitative estimate of drug-likeness (QED) is 0.153. The van der Waals surface area contributed by atoms with Gasteiger partial charge in [-0.1, -0.05) is 24.8 Å². The lowest BCUT2D eigenvalue weighted by Gasteiger charge is -2.14. The first-order chi connectivity index (χ1) is 18.4. The van der Waals surface area contributed by atoms with Crippen molar-refractivity contribution in [2.75, 3.05) is 68.1 Å². The van der Waals surface area contributed by atoms with Crippen LogP contribution in [0.1, 0.15) is 37.4 Å². The maximum Gasteiger partial charge on any atom is 0.339 e. The van der Waals surface area contributed by atoms with Gasteiger partial charge in [0.05, 0.1) is 38.1 Å². The van der Waals surface area contributed by atoms with E-state index in [0.717, 1.165) is 5.56 Å². The van der Waals surface area contributed by atoms with Crippen molar-refractivity contribution >= 4 is 46.1 Å². The molecule has 0 radical (unpaired) electrons. The monoisotopic (exact) mass is 592 g/mol. The summed E-state index contributed by atoms with van der Waals surface area (Å²) in [6.45, 7) is 5.23. The van der Waals surface area contributed by atoms with Crippen LogP contribution in [0.15, 0.2) is 35.3 Å². The second-order valence-electron chi connectivity index (χ2n) is 7.69. The third-order valence-electron chi connectivity index (χ3n) is 5.19. The van der Waals surface area contributed by atoms with Crippen molar-refractivity contribution < 1.29 is 42.7 Å². The fraction of sp³-hybridized carbons (Fsp3) is 0.357. The number of halogens is 1. The molecule has 0 aliphatic heterocycles. The lowest BCUT2D eigenvalue weighted by Crippen LogP contribution is -2.14. The van der Waals surface area contributed by atoms with E-state index in [1.165, 1.54) is 20.3 Å². The molecular formula is C28H33BrO9. The smallest absolute Gasteiger partial charge is 0.339 e. The maximum atomic E-state index is 12.9. The van der Waals surface area contributed by atoms with Crippen molar-refractivity contribution in [3.8, 4) is 11.5 Å². The molecule has 0 unspecified atom stereocenters. The summed E-state index contributed by atoms with van der Waals surface area (Å²) in [5, 5.41) is 0. The van der Waals surface area contributed by atoms with Crippen LogP contribution in [-0.2, 0) is 23.7 Å². The minimum atomic E-state index is -0.571. The molecule has 2 aromatic rings. The lowest BCUT2D eigenvalue weighted by molar-refractivity contribution is 0.0375. The van der Waals surface area contributed by atoms with Gasteiger partial charge in [-0.3, -0.25) is 0 Å². The first kappa shape index (κ1) is 31.0. The Morgan fingerprint density at radius 3 is 1.84 bits per heavy atom. The Morgan fingerprint density at radius 1 is 0.711 bits per heavy atom. The van der Waals surface area contributed by atoms with Gasteiger partial charge >= 0.3 is 11.9 Å². The number of benzene rings is 2. The SMILES string of the molecule is C=Cc1cc(OCCOC)c(/C=C/c2cc(C(=O)OCCOC)c(Br)cc2C(=O)OCCOC)cc1OC. The van der Waals surface area contributed by atoms with Gasteiger partial charge in [0.2, 0.25) is 0 Å². The summed E-state index contributed by atoms with van der Waals surface area (Å²) in [6.07, 6.45) is 5.11. The molecule has 0 fully saturated rings. The Balaban J connectivity index is 2.55. The molecule has 38 heavy (non-hydrogen) atoms. The fourth-order valence-corrected chi connectivity index (χ4v) is 3.75. The zero-order valence-electron chi connectivity index (χ0n) is 22.0. The van der Waals surface area contributed by atoms with Crippen molar-refractivity contribution in [3.05, 3.63) is 63.1 Å². The predicted octanol–water partition coefficient (Wildman–Crippen LogP) is 4.90. The Hall–Kier alpha value is -3.18. The largest absolute Gasteiger partial charge is 0.496 e. The second-order valence-corrected chi connectivity index (χ2v) is 8.54. The van der Waals surface area contributed by atoms with Gasteiger partial charge in [-0.05, 0) is 45.8 Å². The number of hydrogen-bond donors (Lipinski definition) is 0. The molecule has 2 aromatic carbocycles. The highest BCUT2D eigenvalue weighted by atomic mass is 79.9. The molecule has 0 saturated carbocycles. The van der Waals surface area contributed by atoms with E-state index in [9.17, 15) is 9.59 Å². The van der Waals surface area contributed by atoms with Crippen LogP contribution in [0, 0.1) is 0 Å². The molecule has 0 amide bonds. The van der Waals surface area contributed by atoms with E-state index in [2.05, 4.69) is 22.5 Å². The minimum absolute atomic E-state index is 0.0780. The zero-order valence-corrected chi connectivity index (χ0v) is 23.6. The first-order valence-corrected chi connectivity index (χ1v) is 12.5. The summed E-state index contributed by atoms with van der Waals surface area (Å²) in [4.78, 5) is 25.6. The molecule has 206 valence electrons. The number of rotatable bonds is 16. The molecule has 0 spiro atoms. The predicted molar refractivity (Wildman–Crippen MR) is 148 cm³/mol. The number of esters is 2. The highest BCUT2D eigenvalue weighted by molar-refractivity contribution is 9.10. The van der Waals surface area contributed by atoms with Crippen LogP contribution in [0.4, 0.5) is 0 Å².